The molecular formula is C18H35N3O6S10. The van der Waals surface area contributed by atoms with Crippen molar-refractivity contribution in [1.82, 2.24) is 5.32 Å². The monoisotopic (exact) mass is 709 g/mol. The molecule has 0 saturated carbocycles. The molecule has 37 heavy (non-hydrogen) atoms. The van der Waals surface area contributed by atoms with Gasteiger partial charge < -0.3 is 24.6 Å². The van der Waals surface area contributed by atoms with Gasteiger partial charge in [-0.05, 0) is 17.4 Å². The molecule has 9 nitrogen and oxygen atoms in total. The van der Waals surface area contributed by atoms with Gasteiger partial charge in [0.15, 0.2) is 0 Å². The molecule has 0 saturated heterocycles. The normalized spacial score (nSPS) is 12.4. The Kier molecular flexibility index (Phi) is 35.6. The molecule has 0 radical (unpaired) electrons. The molecule has 2 N–H and O–H groups in total. The fourth-order valence-corrected chi connectivity index (χ4v) is 10.1. The predicted octanol–water partition coefficient (Wildman–Crippen LogP) is 5.26. The number of nitrogens with zero attached hydrogens (tertiary/aromatic N) is 2. The zero-order valence-corrected chi connectivity index (χ0v) is 28.7. The lowest BCUT2D eigenvalue weighted by Crippen LogP contribution is -2.23. The number of amides is 1. The summed E-state index contributed by atoms with van der Waals surface area (Å²) in [4.78, 5) is 29.7. The first kappa shape index (κ1) is 38.8. The molecule has 0 aromatic carbocycles. The molecule has 0 bridgehead atoms. The number of nitrogens with one attached hydrogen (secondary N) is 1. The third-order valence-corrected chi connectivity index (χ3v) is 13.7. The van der Waals surface area contributed by atoms with Crippen molar-refractivity contribution >= 4 is 135 Å². The van der Waals surface area contributed by atoms with Crippen LogP contribution in [0.2, 0.25) is 0 Å². The summed E-state index contributed by atoms with van der Waals surface area (Å²) < 4.78 is 16.8. The third-order valence-electron chi connectivity index (χ3n) is 2.97. The van der Waals surface area contributed by atoms with Gasteiger partial charge in [0.1, 0.15) is 17.6 Å². The van der Waals surface area contributed by atoms with E-state index in [-0.39, 0.29) is 6.61 Å². The zero-order valence-electron chi connectivity index (χ0n) is 20.5. The average Bonchev–Trinajstić information content (AvgIpc) is 2.90. The molecule has 0 aliphatic rings. The Labute approximate surface area is 262 Å². The highest BCUT2D eigenvalue weighted by Crippen LogP contribution is 2.19. The van der Waals surface area contributed by atoms with E-state index in [1.165, 1.54) is 11.9 Å². The van der Waals surface area contributed by atoms with Crippen LogP contribution in [0.15, 0.2) is 9.98 Å². The molecule has 1 amide bonds. The number of hydrogen-bond acceptors (Lipinski definition) is 17. The lowest BCUT2D eigenvalue weighted by atomic mass is 10.9. The minimum Gasteiger partial charge on any atom is -0.611 e. The van der Waals surface area contributed by atoms with E-state index in [0.717, 1.165) is 31.2 Å². The van der Waals surface area contributed by atoms with E-state index in [9.17, 15) is 9.35 Å². The maximum Gasteiger partial charge on any atom is 0.408 e. The van der Waals surface area contributed by atoms with Crippen molar-refractivity contribution in [3.63, 3.8) is 0 Å². The maximum atomic E-state index is 11.7. The van der Waals surface area contributed by atoms with Crippen molar-refractivity contribution in [3.05, 3.63) is 0 Å². The quantitative estimate of drug-likeness (QED) is 0.0209. The van der Waals surface area contributed by atoms with Crippen molar-refractivity contribution in [2.75, 3.05) is 85.1 Å². The van der Waals surface area contributed by atoms with E-state index >= 15 is 0 Å². The lowest BCUT2D eigenvalue weighted by molar-refractivity contribution is -0.196. The van der Waals surface area contributed by atoms with Crippen LogP contribution in [-0.2, 0) is 25.7 Å². The Balaban J connectivity index is 3.29. The summed E-state index contributed by atoms with van der Waals surface area (Å²) >= 11 is 13.9. The number of aliphatic hydroxyl groups excluding tert-OH is 1. The summed E-state index contributed by atoms with van der Waals surface area (Å²) in [5, 5.41) is 15.8. The minimum atomic E-state index is -1.04. The number of carbonyl (C=O) groups excluding carboxylic acids is 1. The molecular weight excluding hydrogens is 675 g/mol. The highest BCUT2D eigenvalue weighted by Gasteiger charge is 2.03. The lowest BCUT2D eigenvalue weighted by Gasteiger charge is -2.07. The molecule has 0 aliphatic heterocycles. The van der Waals surface area contributed by atoms with Gasteiger partial charge in [-0.1, -0.05) is 0 Å². The first-order valence-corrected chi connectivity index (χ1v) is 22.5. The van der Waals surface area contributed by atoms with Gasteiger partial charge in [0.25, 0.3) is 0 Å². The van der Waals surface area contributed by atoms with Gasteiger partial charge in [0.2, 0.25) is 11.9 Å². The summed E-state index contributed by atoms with van der Waals surface area (Å²) in [6.45, 7) is 0.154. The number of rotatable bonds is 28. The van der Waals surface area contributed by atoms with Crippen molar-refractivity contribution in [1.29, 1.82) is 0 Å². The Hall–Kier alpha value is 1.79. The van der Waals surface area contributed by atoms with Gasteiger partial charge in [-0.3, -0.25) is 0 Å². The second kappa shape index (κ2) is 34.0. The van der Waals surface area contributed by atoms with Crippen LogP contribution in [0.1, 0.15) is 0 Å². The van der Waals surface area contributed by atoms with E-state index < -0.39 is 17.3 Å². The Morgan fingerprint density at radius 1 is 0.919 bits per heavy atom. The molecule has 0 rings (SSSR count). The second-order valence-corrected chi connectivity index (χ2v) is 17.8. The molecule has 0 aliphatic carbocycles. The van der Waals surface area contributed by atoms with Crippen LogP contribution in [-0.4, -0.2) is 113 Å². The fraction of sp³-hybridized carbons (Fsp3) is 0.833. The predicted molar refractivity (Wildman–Crippen MR) is 182 cm³/mol. The smallest absolute Gasteiger partial charge is 0.408 e. The summed E-state index contributed by atoms with van der Waals surface area (Å²) in [5.74, 6) is 4.51. The van der Waals surface area contributed by atoms with Crippen LogP contribution >= 0.6 is 106 Å². The fourth-order valence-electron chi connectivity index (χ4n) is 1.56. The highest BCUT2D eigenvalue weighted by molar-refractivity contribution is 8.23. The summed E-state index contributed by atoms with van der Waals surface area (Å²) in [6.07, 6.45) is 2.97. The van der Waals surface area contributed by atoms with E-state index in [4.69, 9.17) is 19.6 Å². The van der Waals surface area contributed by atoms with Crippen LogP contribution in [0.4, 0.5) is 4.79 Å². The minimum absolute atomic E-state index is 0.154. The standard InChI is InChI=1S/C18H35N3O6S10/c1-28-13-30-7-19-6-26-27-12-34-17-36-16-33-11-25-18(23)21-9-32-15-35-14-31-8-20-10-37(24)5-4-29-3-2-22/h6,10,22H,2-5,7-9,11-17H2,1H3,(H,21,23)/b19-6+,20-10+. The molecule has 0 heterocycles. The first-order chi connectivity index (χ1) is 18.2. The van der Waals surface area contributed by atoms with Crippen molar-refractivity contribution in [2.24, 2.45) is 9.98 Å². The van der Waals surface area contributed by atoms with Crippen LogP contribution in [0.25, 0.3) is 0 Å². The molecule has 19 heteroatoms. The van der Waals surface area contributed by atoms with Gasteiger partial charge in [-0.15, -0.1) is 82.3 Å². The number of thioether (sulfide) groups is 9. The Morgan fingerprint density at radius 2 is 1.62 bits per heavy atom. The second-order valence-electron chi connectivity index (χ2n) is 5.76. The summed E-state index contributed by atoms with van der Waals surface area (Å²) in [7, 11) is 0. The van der Waals surface area contributed by atoms with E-state index in [0.29, 0.717) is 41.0 Å². The van der Waals surface area contributed by atoms with Gasteiger partial charge in [0, 0.05) is 36.9 Å². The molecule has 0 aromatic rings. The largest absolute Gasteiger partial charge is 0.611 e. The number of hydrogen-bond donors (Lipinski definition) is 2. The van der Waals surface area contributed by atoms with Crippen molar-refractivity contribution in [3.8, 4) is 0 Å². The van der Waals surface area contributed by atoms with Gasteiger partial charge in [-0.2, -0.15) is 28.4 Å². The number of alkyl carbamates (subject to hydrolysis) is 1. The highest BCUT2D eigenvalue weighted by atomic mass is 32.2. The SMILES string of the molecule is CSCSC/N=C/OOCSCSCSCOC(=O)NCSCSCSC/N=C/[S+]([O-])CCSCCO. The molecule has 0 aromatic heterocycles. The van der Waals surface area contributed by atoms with E-state index in [1.54, 1.807) is 106 Å². The first-order valence-electron chi connectivity index (χ1n) is 10.5. The molecule has 1 unspecified atom stereocenters. The van der Waals surface area contributed by atoms with Crippen LogP contribution in [0.5, 0.6) is 0 Å². The summed E-state index contributed by atoms with van der Waals surface area (Å²) in [5.41, 5.74) is 1.51. The van der Waals surface area contributed by atoms with Gasteiger partial charge >= 0.3 is 6.09 Å². The number of ether oxygens (including phenoxy) is 1. The van der Waals surface area contributed by atoms with E-state index in [2.05, 4.69) is 21.6 Å². The van der Waals surface area contributed by atoms with E-state index in [1.807, 2.05) is 0 Å². The summed E-state index contributed by atoms with van der Waals surface area (Å²) in [6, 6.07) is 0. The van der Waals surface area contributed by atoms with Crippen LogP contribution in [0.3, 0.4) is 0 Å². The average molecular weight is 710 g/mol. The third kappa shape index (κ3) is 33.9. The van der Waals surface area contributed by atoms with Crippen molar-refractivity contribution in [2.45, 2.75) is 0 Å². The molecule has 0 spiro atoms. The van der Waals surface area contributed by atoms with Gasteiger partial charge in [0.05, 0.1) is 24.2 Å². The maximum absolute atomic E-state index is 11.7. The Bertz CT molecular complexity index is 560. The molecule has 1 atom stereocenters. The number of aliphatic hydroxyl groups is 1. The zero-order chi connectivity index (χ0) is 27.1. The van der Waals surface area contributed by atoms with Crippen LogP contribution < -0.4 is 5.32 Å². The Morgan fingerprint density at radius 3 is 2.41 bits per heavy atom. The molecule has 0 fully saturated rings. The van der Waals surface area contributed by atoms with Crippen molar-refractivity contribution < 1.29 is 29.0 Å². The van der Waals surface area contributed by atoms with Crippen LogP contribution in [0, 0.1) is 0 Å². The number of aliphatic imine (C=N–C) groups is 2. The molecule has 218 valence electrons. The topological polar surface area (TPSA) is 125 Å². The van der Waals surface area contributed by atoms with Gasteiger partial charge in [-0.25, -0.2) is 14.8 Å². The number of carbonyl (C=O) groups is 1.